The Balaban J connectivity index is 0.000000221. The Hall–Kier alpha value is -3.60. The number of phenols is 2. The molecule has 6 heteroatoms. The van der Waals surface area contributed by atoms with Crippen LogP contribution in [0.2, 0.25) is 0 Å². The Morgan fingerprint density at radius 1 is 0.569 bits per heavy atom. The second-order valence-electron chi connectivity index (χ2n) is 16.6. The number of aryl methyl sites for hydroxylation is 4. The van der Waals surface area contributed by atoms with E-state index in [0.29, 0.717) is 11.5 Å². The van der Waals surface area contributed by atoms with E-state index >= 15 is 0 Å². The molecule has 0 aromatic heterocycles. The molecular formula is C52H66O4S2. The van der Waals surface area contributed by atoms with Crippen LogP contribution in [0.25, 0.3) is 6.08 Å². The lowest BCUT2D eigenvalue weighted by molar-refractivity contribution is 0.0833. The van der Waals surface area contributed by atoms with Gasteiger partial charge in [0.1, 0.15) is 17.1 Å². The molecule has 0 amide bonds. The summed E-state index contributed by atoms with van der Waals surface area (Å²) in [4.78, 5) is 0. The molecule has 2 aliphatic rings. The minimum Gasteiger partial charge on any atom is -0.508 e. The summed E-state index contributed by atoms with van der Waals surface area (Å²) in [6.45, 7) is 17.1. The fourth-order valence-electron chi connectivity index (χ4n) is 8.79. The van der Waals surface area contributed by atoms with Crippen LogP contribution in [0.3, 0.4) is 0 Å². The number of thioether (sulfide) groups is 2. The smallest absolute Gasteiger partial charge is 0.127 e. The molecule has 0 spiro atoms. The number of hydrogen-bond donors (Lipinski definition) is 4. The van der Waals surface area contributed by atoms with Crippen molar-refractivity contribution in [2.24, 2.45) is 0 Å². The van der Waals surface area contributed by atoms with Gasteiger partial charge < -0.3 is 20.4 Å². The molecule has 4 N–H and O–H groups in total. The van der Waals surface area contributed by atoms with E-state index in [4.69, 9.17) is 0 Å². The summed E-state index contributed by atoms with van der Waals surface area (Å²) >= 11 is 3.81. The van der Waals surface area contributed by atoms with Gasteiger partial charge in [-0.2, -0.15) is 23.5 Å². The van der Waals surface area contributed by atoms with E-state index in [9.17, 15) is 20.4 Å². The van der Waals surface area contributed by atoms with Crippen LogP contribution in [0.5, 0.6) is 11.5 Å². The first-order valence-electron chi connectivity index (χ1n) is 21.3. The number of phenolic OH excluding ortho intramolecular Hbond substituents is 2. The van der Waals surface area contributed by atoms with E-state index in [1.807, 2.05) is 49.5 Å². The van der Waals surface area contributed by atoms with Gasteiger partial charge in [-0.1, -0.05) is 106 Å². The van der Waals surface area contributed by atoms with Crippen LogP contribution < -0.4 is 0 Å². The summed E-state index contributed by atoms with van der Waals surface area (Å²) in [6, 6.07) is 25.2. The first kappa shape index (κ1) is 45.5. The molecule has 2 saturated heterocycles. The molecule has 4 aromatic rings. The molecule has 4 nitrogen and oxygen atoms in total. The van der Waals surface area contributed by atoms with Gasteiger partial charge in [-0.3, -0.25) is 0 Å². The monoisotopic (exact) mass is 818 g/mol. The van der Waals surface area contributed by atoms with Crippen molar-refractivity contribution in [1.82, 2.24) is 0 Å². The second kappa shape index (κ2) is 19.6. The highest BCUT2D eigenvalue weighted by atomic mass is 32.2. The highest BCUT2D eigenvalue weighted by Gasteiger charge is 2.33. The van der Waals surface area contributed by atoms with Crippen molar-refractivity contribution in [2.75, 3.05) is 23.0 Å². The zero-order valence-electron chi connectivity index (χ0n) is 36.2. The number of benzene rings is 4. The Bertz CT molecular complexity index is 2100. The molecule has 2 aliphatic heterocycles. The third kappa shape index (κ3) is 10.2. The van der Waals surface area contributed by atoms with Crippen molar-refractivity contribution in [3.63, 3.8) is 0 Å². The molecule has 310 valence electrons. The molecule has 2 heterocycles. The lowest BCUT2D eigenvalue weighted by Crippen LogP contribution is -2.31. The van der Waals surface area contributed by atoms with Crippen LogP contribution in [-0.4, -0.2) is 54.6 Å². The second-order valence-corrected chi connectivity index (χ2v) is 19.1. The molecule has 6 rings (SSSR count). The summed E-state index contributed by atoms with van der Waals surface area (Å²) in [7, 11) is 0. The molecule has 0 unspecified atom stereocenters. The third-order valence-electron chi connectivity index (χ3n) is 13.2. The summed E-state index contributed by atoms with van der Waals surface area (Å²) in [5.41, 5.74) is 9.81. The summed E-state index contributed by atoms with van der Waals surface area (Å²) in [6.07, 6.45) is 11.2. The van der Waals surface area contributed by atoms with Gasteiger partial charge in [0, 0.05) is 16.4 Å². The van der Waals surface area contributed by atoms with Gasteiger partial charge in [0.15, 0.2) is 0 Å². The Kier molecular flexibility index (Phi) is 15.4. The SMILES string of the molecule is CCC(CC)(c1ccc(O)c(C)c1)c1ccc(/C=C/C2(O)CCSCC2)c(C)c1.CCC(CC)(c1ccc(O)c(C)c1)c1ccc(C#CC2(O)CCSCC2)c(C)c1. The fourth-order valence-corrected chi connectivity index (χ4v) is 11.2. The highest BCUT2D eigenvalue weighted by molar-refractivity contribution is 7.99. The summed E-state index contributed by atoms with van der Waals surface area (Å²) in [5, 5.41) is 41.4. The van der Waals surface area contributed by atoms with Gasteiger partial charge in [0.2, 0.25) is 0 Å². The maximum absolute atomic E-state index is 10.8. The zero-order chi connectivity index (χ0) is 42.1. The lowest BCUT2D eigenvalue weighted by atomic mass is 9.70. The average Bonchev–Trinajstić information content (AvgIpc) is 3.22. The van der Waals surface area contributed by atoms with Crippen LogP contribution in [0.4, 0.5) is 0 Å². The molecular weight excluding hydrogens is 753 g/mol. The maximum Gasteiger partial charge on any atom is 0.127 e. The number of aliphatic hydroxyl groups is 2. The molecule has 0 radical (unpaired) electrons. The van der Waals surface area contributed by atoms with Crippen LogP contribution in [0, 0.1) is 39.5 Å². The Morgan fingerprint density at radius 2 is 0.983 bits per heavy atom. The lowest BCUT2D eigenvalue weighted by Gasteiger charge is -2.34. The quantitative estimate of drug-likeness (QED) is 0.119. The maximum atomic E-state index is 10.8. The highest BCUT2D eigenvalue weighted by Crippen LogP contribution is 2.42. The molecule has 0 bridgehead atoms. The van der Waals surface area contributed by atoms with Gasteiger partial charge >= 0.3 is 0 Å². The molecule has 0 aliphatic carbocycles. The average molecular weight is 819 g/mol. The van der Waals surface area contributed by atoms with Gasteiger partial charge in [0.05, 0.1) is 5.60 Å². The van der Waals surface area contributed by atoms with Crippen LogP contribution in [-0.2, 0) is 10.8 Å². The first-order valence-corrected chi connectivity index (χ1v) is 23.6. The standard InChI is InChI=1S/C26H34O2S.C26H32O2S/c2*1-5-26(6-2,23-9-10-24(27)20(4)18-23)22-8-7-21(19(3)17-22)11-12-25(28)13-15-29-16-14-25/h7-12,17-18,27-28H,5-6,13-16H2,1-4H3;7-10,17-18,27-28H,5-6,13-16H2,1-4H3/b12-11+;. The van der Waals surface area contributed by atoms with Gasteiger partial charge in [-0.25, -0.2) is 0 Å². The van der Waals surface area contributed by atoms with E-state index in [1.54, 1.807) is 6.07 Å². The van der Waals surface area contributed by atoms with E-state index < -0.39 is 11.2 Å². The number of hydrogen-bond acceptors (Lipinski definition) is 6. The van der Waals surface area contributed by atoms with Crippen molar-refractivity contribution >= 4 is 29.6 Å². The predicted molar refractivity (Wildman–Crippen MR) is 250 cm³/mol. The largest absolute Gasteiger partial charge is 0.508 e. The van der Waals surface area contributed by atoms with E-state index in [2.05, 4.69) is 120 Å². The van der Waals surface area contributed by atoms with Crippen molar-refractivity contribution in [1.29, 1.82) is 0 Å². The summed E-state index contributed by atoms with van der Waals surface area (Å²) in [5.74, 6) is 11.1. The van der Waals surface area contributed by atoms with Gasteiger partial charge in [0.25, 0.3) is 0 Å². The topological polar surface area (TPSA) is 80.9 Å². The summed E-state index contributed by atoms with van der Waals surface area (Å²) < 4.78 is 0. The fraction of sp³-hybridized carbons (Fsp3) is 0.462. The van der Waals surface area contributed by atoms with Gasteiger partial charge in [-0.05, 0) is 170 Å². The van der Waals surface area contributed by atoms with Crippen LogP contribution in [0.15, 0.2) is 78.9 Å². The van der Waals surface area contributed by atoms with Crippen molar-refractivity contribution in [3.8, 4) is 23.3 Å². The minimum absolute atomic E-state index is 0.0652. The van der Waals surface area contributed by atoms with Crippen LogP contribution >= 0.6 is 23.5 Å². The zero-order valence-corrected chi connectivity index (χ0v) is 37.8. The van der Waals surface area contributed by atoms with Crippen molar-refractivity contribution in [2.45, 2.75) is 129 Å². The first-order chi connectivity index (χ1) is 27.7. The van der Waals surface area contributed by atoms with Crippen molar-refractivity contribution < 1.29 is 20.4 Å². The van der Waals surface area contributed by atoms with Crippen molar-refractivity contribution in [3.05, 3.63) is 135 Å². The Morgan fingerprint density at radius 3 is 1.41 bits per heavy atom. The minimum atomic E-state index is -0.837. The van der Waals surface area contributed by atoms with E-state index in [1.165, 1.54) is 33.4 Å². The van der Waals surface area contributed by atoms with Crippen LogP contribution in [0.1, 0.15) is 135 Å². The third-order valence-corrected chi connectivity index (χ3v) is 15.2. The van der Waals surface area contributed by atoms with E-state index in [-0.39, 0.29) is 10.8 Å². The molecule has 2 fully saturated rings. The number of rotatable bonds is 10. The van der Waals surface area contributed by atoms with E-state index in [0.717, 1.165) is 96.6 Å². The number of aromatic hydroxyl groups is 2. The normalized spacial score (nSPS) is 16.6. The molecule has 0 atom stereocenters. The molecule has 4 aromatic carbocycles. The Labute approximate surface area is 358 Å². The molecule has 58 heavy (non-hydrogen) atoms. The molecule has 0 saturated carbocycles. The predicted octanol–water partition coefficient (Wildman–Crippen LogP) is 12.1. The van der Waals surface area contributed by atoms with Gasteiger partial charge in [-0.15, -0.1) is 0 Å².